The molecule has 166 valence electrons. The second-order valence-electron chi connectivity index (χ2n) is 10.1. The number of benzene rings is 1. The highest BCUT2D eigenvalue weighted by molar-refractivity contribution is 5.79. The fourth-order valence-electron chi connectivity index (χ4n) is 5.11. The Morgan fingerprint density at radius 1 is 1.07 bits per heavy atom. The summed E-state index contributed by atoms with van der Waals surface area (Å²) in [7, 11) is 0. The third-order valence-electron chi connectivity index (χ3n) is 7.55. The molecule has 3 saturated heterocycles. The maximum absolute atomic E-state index is 13.9. The first kappa shape index (κ1) is 21.5. The third-order valence-corrected chi connectivity index (χ3v) is 7.55. The molecule has 0 bridgehead atoms. The average Bonchev–Trinajstić information content (AvgIpc) is 2.69. The molecule has 1 aromatic rings. The van der Waals surface area contributed by atoms with E-state index >= 15 is 0 Å². The van der Waals surface area contributed by atoms with Gasteiger partial charge in [0.15, 0.2) is 0 Å². The Labute approximate surface area is 179 Å². The molecular weight excluding hydrogens is 384 g/mol. The summed E-state index contributed by atoms with van der Waals surface area (Å²) in [5, 5.41) is 0. The van der Waals surface area contributed by atoms with E-state index < -0.39 is 11.8 Å². The van der Waals surface area contributed by atoms with Gasteiger partial charge in [-0.3, -0.25) is 9.69 Å². The number of anilines is 1. The Kier molecular flexibility index (Phi) is 5.82. The average molecular weight is 420 g/mol. The zero-order chi connectivity index (χ0) is 21.5. The molecule has 1 spiro atoms. The van der Waals surface area contributed by atoms with Crippen LogP contribution in [0.1, 0.15) is 51.5 Å². The zero-order valence-electron chi connectivity index (χ0n) is 18.5. The Balaban J connectivity index is 1.24. The predicted molar refractivity (Wildman–Crippen MR) is 116 cm³/mol. The number of rotatable bonds is 4. The molecule has 0 aromatic heterocycles. The van der Waals surface area contributed by atoms with Crippen LogP contribution in [0.4, 0.5) is 14.5 Å². The maximum atomic E-state index is 13.9. The topological polar surface area (TPSA) is 26.8 Å². The molecule has 3 fully saturated rings. The molecule has 4 nitrogen and oxygen atoms in total. The third kappa shape index (κ3) is 4.34. The van der Waals surface area contributed by atoms with Crippen molar-refractivity contribution in [3.63, 3.8) is 0 Å². The monoisotopic (exact) mass is 419 g/mol. The highest BCUT2D eigenvalue weighted by Gasteiger charge is 2.48. The molecule has 6 heteroatoms. The molecular formula is C24H35F2N3O. The van der Waals surface area contributed by atoms with Gasteiger partial charge >= 0.3 is 0 Å². The first-order valence-corrected chi connectivity index (χ1v) is 11.4. The smallest absolute Gasteiger partial charge is 0.263 e. The number of alkyl halides is 2. The molecule has 1 aromatic carbocycles. The summed E-state index contributed by atoms with van der Waals surface area (Å²) >= 11 is 0. The molecule has 0 N–H and O–H groups in total. The van der Waals surface area contributed by atoms with Crippen molar-refractivity contribution in [2.75, 3.05) is 50.7 Å². The highest BCUT2D eigenvalue weighted by Crippen LogP contribution is 2.41. The second-order valence-corrected chi connectivity index (χ2v) is 10.1. The van der Waals surface area contributed by atoms with Crippen LogP contribution in [0.25, 0.3) is 0 Å². The number of halogens is 2. The highest BCUT2D eigenvalue weighted by atomic mass is 19.3. The van der Waals surface area contributed by atoms with Crippen molar-refractivity contribution >= 4 is 11.6 Å². The van der Waals surface area contributed by atoms with Crippen LogP contribution in [-0.2, 0) is 4.79 Å². The predicted octanol–water partition coefficient (Wildman–Crippen LogP) is 4.22. The van der Waals surface area contributed by atoms with Gasteiger partial charge in [0.05, 0.1) is 13.1 Å². The van der Waals surface area contributed by atoms with Gasteiger partial charge in [0.2, 0.25) is 5.91 Å². The summed E-state index contributed by atoms with van der Waals surface area (Å²) in [5.74, 6) is -2.73. The molecule has 4 rings (SSSR count). The van der Waals surface area contributed by atoms with Crippen molar-refractivity contribution < 1.29 is 13.6 Å². The van der Waals surface area contributed by atoms with E-state index in [1.165, 1.54) is 11.3 Å². The van der Waals surface area contributed by atoms with Crippen molar-refractivity contribution in [2.45, 2.75) is 51.9 Å². The van der Waals surface area contributed by atoms with E-state index in [-0.39, 0.29) is 24.4 Å². The van der Waals surface area contributed by atoms with Crippen LogP contribution in [0, 0.1) is 11.3 Å². The van der Waals surface area contributed by atoms with E-state index in [0.29, 0.717) is 18.9 Å². The number of hydrogen-bond acceptors (Lipinski definition) is 3. The molecule has 0 aliphatic carbocycles. The first-order valence-electron chi connectivity index (χ1n) is 11.4. The van der Waals surface area contributed by atoms with Crippen molar-refractivity contribution in [2.24, 2.45) is 11.3 Å². The fourth-order valence-corrected chi connectivity index (χ4v) is 5.11. The lowest BCUT2D eigenvalue weighted by Gasteiger charge is -2.54. The van der Waals surface area contributed by atoms with Crippen LogP contribution in [0.15, 0.2) is 24.3 Å². The van der Waals surface area contributed by atoms with Gasteiger partial charge in [0.1, 0.15) is 0 Å². The van der Waals surface area contributed by atoms with Crippen LogP contribution >= 0.6 is 0 Å². The zero-order valence-corrected chi connectivity index (χ0v) is 18.5. The Hall–Kier alpha value is -1.69. The molecule has 0 radical (unpaired) electrons. The summed E-state index contributed by atoms with van der Waals surface area (Å²) in [6, 6.07) is 8.89. The SMILES string of the molecule is CC(C)c1ccc(N2CCC3(CC2)CN(C(=O)CN2CCC(C)C(F)(F)C2)C3)cc1. The van der Waals surface area contributed by atoms with Gasteiger partial charge in [-0.15, -0.1) is 0 Å². The minimum Gasteiger partial charge on any atom is -0.371 e. The molecule has 3 heterocycles. The van der Waals surface area contributed by atoms with Crippen LogP contribution in [0.2, 0.25) is 0 Å². The van der Waals surface area contributed by atoms with Gasteiger partial charge in [-0.05, 0) is 49.4 Å². The van der Waals surface area contributed by atoms with Crippen LogP contribution in [-0.4, -0.2) is 67.4 Å². The summed E-state index contributed by atoms with van der Waals surface area (Å²) in [5.41, 5.74) is 2.87. The maximum Gasteiger partial charge on any atom is 0.263 e. The number of piperidine rings is 2. The van der Waals surface area contributed by atoms with Gasteiger partial charge < -0.3 is 9.80 Å². The summed E-state index contributed by atoms with van der Waals surface area (Å²) < 4.78 is 27.9. The molecule has 1 amide bonds. The summed E-state index contributed by atoms with van der Waals surface area (Å²) in [4.78, 5) is 18.6. The number of carbonyl (C=O) groups excluding carboxylic acids is 1. The van der Waals surface area contributed by atoms with Gasteiger partial charge in [0.25, 0.3) is 5.92 Å². The lowest BCUT2D eigenvalue weighted by Crippen LogP contribution is -2.63. The van der Waals surface area contributed by atoms with E-state index in [1.807, 2.05) is 4.90 Å². The van der Waals surface area contributed by atoms with Crippen molar-refractivity contribution in [3.8, 4) is 0 Å². The second kappa shape index (κ2) is 8.10. The van der Waals surface area contributed by atoms with E-state index in [1.54, 1.807) is 11.8 Å². The van der Waals surface area contributed by atoms with Gasteiger partial charge in [-0.1, -0.05) is 32.9 Å². The molecule has 30 heavy (non-hydrogen) atoms. The largest absolute Gasteiger partial charge is 0.371 e. The van der Waals surface area contributed by atoms with E-state index in [9.17, 15) is 13.6 Å². The summed E-state index contributed by atoms with van der Waals surface area (Å²) in [6.45, 7) is 10.0. The number of likely N-dealkylation sites (tertiary alicyclic amines) is 2. The van der Waals surface area contributed by atoms with Gasteiger partial charge in [-0.2, -0.15) is 0 Å². The Bertz CT molecular complexity index is 748. The molecule has 3 aliphatic heterocycles. The molecule has 3 aliphatic rings. The van der Waals surface area contributed by atoms with E-state index in [2.05, 4.69) is 43.0 Å². The van der Waals surface area contributed by atoms with Gasteiger partial charge in [-0.25, -0.2) is 8.78 Å². The Morgan fingerprint density at radius 2 is 1.70 bits per heavy atom. The lowest BCUT2D eigenvalue weighted by molar-refractivity contribution is -0.150. The van der Waals surface area contributed by atoms with Crippen molar-refractivity contribution in [3.05, 3.63) is 29.8 Å². The van der Waals surface area contributed by atoms with E-state index in [4.69, 9.17) is 0 Å². The van der Waals surface area contributed by atoms with Gasteiger partial charge in [0, 0.05) is 43.2 Å². The van der Waals surface area contributed by atoms with Crippen LogP contribution in [0.3, 0.4) is 0 Å². The quantitative estimate of drug-likeness (QED) is 0.731. The van der Waals surface area contributed by atoms with E-state index in [0.717, 1.165) is 39.0 Å². The molecule has 0 saturated carbocycles. The number of amides is 1. The van der Waals surface area contributed by atoms with Crippen LogP contribution in [0.5, 0.6) is 0 Å². The molecule has 1 atom stereocenters. The normalized spacial score (nSPS) is 26.1. The van der Waals surface area contributed by atoms with Crippen molar-refractivity contribution in [1.82, 2.24) is 9.80 Å². The van der Waals surface area contributed by atoms with Crippen LogP contribution < -0.4 is 4.90 Å². The summed E-state index contributed by atoms with van der Waals surface area (Å²) in [6.07, 6.45) is 2.63. The minimum atomic E-state index is -2.69. The fraction of sp³-hybridized carbons (Fsp3) is 0.708. The number of nitrogens with zero attached hydrogens (tertiary/aromatic N) is 3. The van der Waals surface area contributed by atoms with Crippen molar-refractivity contribution in [1.29, 1.82) is 0 Å². The standard InChI is InChI=1S/C24H35F2N3O/c1-18(2)20-4-6-21(7-5-20)28-12-9-23(10-13-28)15-29(16-23)22(30)14-27-11-8-19(3)24(25,26)17-27/h4-7,18-19H,8-17H2,1-3H3. The molecule has 1 unspecified atom stereocenters. The Morgan fingerprint density at radius 3 is 2.27 bits per heavy atom. The lowest BCUT2D eigenvalue weighted by atomic mass is 9.72. The number of carbonyl (C=O) groups is 1. The minimum absolute atomic E-state index is 0.0117. The first-order chi connectivity index (χ1) is 14.2. The number of hydrogen-bond donors (Lipinski definition) is 0.